The Kier molecular flexibility index (Phi) is 5.31. The van der Waals surface area contributed by atoms with Crippen molar-refractivity contribution in [2.24, 2.45) is 5.41 Å². The van der Waals surface area contributed by atoms with Crippen molar-refractivity contribution < 1.29 is 17.9 Å². The molecule has 1 saturated heterocycles. The highest BCUT2D eigenvalue weighted by Crippen LogP contribution is 2.24. The third kappa shape index (κ3) is 5.82. The van der Waals surface area contributed by atoms with Gasteiger partial charge in [-0.25, -0.2) is 13.2 Å². The summed E-state index contributed by atoms with van der Waals surface area (Å²) in [5, 5.41) is 2.81. The predicted molar refractivity (Wildman–Crippen MR) is 82.6 cm³/mol. The fourth-order valence-electron chi connectivity index (χ4n) is 2.09. The van der Waals surface area contributed by atoms with E-state index in [1.54, 1.807) is 20.8 Å². The number of rotatable bonds is 3. The van der Waals surface area contributed by atoms with E-state index in [0.717, 1.165) is 0 Å². The number of carbonyl (C=O) groups excluding carboxylic acids is 1. The molecule has 1 amide bonds. The minimum Gasteiger partial charge on any atom is -0.444 e. The lowest BCUT2D eigenvalue weighted by Crippen LogP contribution is -2.52. The number of alkyl carbamates (subject to hydrolysis) is 1. The van der Waals surface area contributed by atoms with Gasteiger partial charge in [-0.15, -0.1) is 0 Å². The lowest BCUT2D eigenvalue weighted by molar-refractivity contribution is 0.0454. The summed E-state index contributed by atoms with van der Waals surface area (Å²) < 4.78 is 30.6. The van der Waals surface area contributed by atoms with Gasteiger partial charge in [0.2, 0.25) is 10.0 Å². The van der Waals surface area contributed by atoms with E-state index in [2.05, 4.69) is 5.32 Å². The van der Waals surface area contributed by atoms with E-state index in [1.165, 1.54) is 4.31 Å². The molecule has 0 bridgehead atoms. The molecule has 7 heteroatoms. The Hall–Kier alpha value is -0.820. The van der Waals surface area contributed by atoms with Gasteiger partial charge in [0.15, 0.2) is 0 Å². The maximum atomic E-state index is 11.9. The van der Waals surface area contributed by atoms with Crippen molar-refractivity contribution >= 4 is 16.1 Å². The molecule has 0 radical (unpaired) electrons. The minimum absolute atomic E-state index is 0.191. The molecule has 1 heterocycles. The fourth-order valence-corrected chi connectivity index (χ4v) is 3.62. The third-order valence-corrected chi connectivity index (χ3v) is 5.25. The summed E-state index contributed by atoms with van der Waals surface area (Å²) in [7, 11) is -3.17. The van der Waals surface area contributed by atoms with Gasteiger partial charge in [0.05, 0.1) is 11.8 Å². The number of amides is 1. The third-order valence-electron chi connectivity index (χ3n) is 3.33. The molecule has 0 aromatic heterocycles. The van der Waals surface area contributed by atoms with E-state index in [0.29, 0.717) is 13.0 Å². The average Bonchev–Trinajstić information content (AvgIpc) is 2.53. The van der Waals surface area contributed by atoms with Crippen molar-refractivity contribution in [3.05, 3.63) is 0 Å². The maximum Gasteiger partial charge on any atom is 0.407 e. The van der Waals surface area contributed by atoms with Crippen LogP contribution in [0.2, 0.25) is 0 Å². The zero-order chi connectivity index (χ0) is 16.5. The van der Waals surface area contributed by atoms with Crippen LogP contribution in [0.15, 0.2) is 0 Å². The Morgan fingerprint density at radius 1 is 1.24 bits per heavy atom. The summed E-state index contributed by atoms with van der Waals surface area (Å²) >= 11 is 0. The number of nitrogens with one attached hydrogen (secondary N) is 1. The highest BCUT2D eigenvalue weighted by molar-refractivity contribution is 7.89. The van der Waals surface area contributed by atoms with Gasteiger partial charge >= 0.3 is 6.09 Å². The highest BCUT2D eigenvalue weighted by Gasteiger charge is 2.35. The number of sulfonamides is 1. The largest absolute Gasteiger partial charge is 0.444 e. The number of nitrogens with zero attached hydrogens (tertiary/aromatic N) is 1. The van der Waals surface area contributed by atoms with Crippen molar-refractivity contribution in [2.45, 2.75) is 59.6 Å². The highest BCUT2D eigenvalue weighted by atomic mass is 32.2. The van der Waals surface area contributed by atoms with Crippen LogP contribution in [0.25, 0.3) is 0 Å². The zero-order valence-electron chi connectivity index (χ0n) is 13.9. The summed E-state index contributed by atoms with van der Waals surface area (Å²) in [5.74, 6) is 0.191. The van der Waals surface area contributed by atoms with Crippen LogP contribution in [-0.2, 0) is 14.8 Å². The Morgan fingerprint density at radius 3 is 2.19 bits per heavy atom. The minimum atomic E-state index is -3.17. The smallest absolute Gasteiger partial charge is 0.407 e. The molecule has 1 rings (SSSR count). The molecule has 0 saturated carbocycles. The van der Waals surface area contributed by atoms with Crippen LogP contribution in [-0.4, -0.2) is 49.3 Å². The Morgan fingerprint density at radius 2 is 1.81 bits per heavy atom. The first-order chi connectivity index (χ1) is 9.31. The Bertz CT molecular complexity index is 474. The van der Waals surface area contributed by atoms with Crippen LogP contribution < -0.4 is 5.32 Å². The average molecular weight is 320 g/mol. The second-order valence-corrected chi connectivity index (χ2v) is 9.68. The maximum absolute atomic E-state index is 11.9. The molecule has 0 spiro atoms. The first-order valence-corrected chi connectivity index (χ1v) is 8.89. The summed E-state index contributed by atoms with van der Waals surface area (Å²) in [6.07, 6.45) is 0.130. The summed E-state index contributed by atoms with van der Waals surface area (Å²) in [6.45, 7) is 12.1. The normalized spacial score (nSPS) is 21.0. The van der Waals surface area contributed by atoms with Crippen molar-refractivity contribution in [1.29, 1.82) is 0 Å². The van der Waals surface area contributed by atoms with Gasteiger partial charge in [-0.05, 0) is 32.6 Å². The summed E-state index contributed by atoms with van der Waals surface area (Å²) in [6, 6.07) is -0.305. The summed E-state index contributed by atoms with van der Waals surface area (Å²) in [5.41, 5.74) is -0.846. The predicted octanol–water partition coefficient (Wildman–Crippen LogP) is 1.96. The SMILES string of the molecule is CC(C)(C)OC(=O)N[C@H](CN1CCCS1(=O)=O)C(C)(C)C. The number of carbonyl (C=O) groups is 1. The van der Waals surface area contributed by atoms with Gasteiger partial charge < -0.3 is 10.1 Å². The van der Waals surface area contributed by atoms with Crippen molar-refractivity contribution in [3.8, 4) is 0 Å². The lowest BCUT2D eigenvalue weighted by Gasteiger charge is -2.34. The van der Waals surface area contributed by atoms with E-state index in [9.17, 15) is 13.2 Å². The van der Waals surface area contributed by atoms with Crippen LogP contribution in [0.3, 0.4) is 0 Å². The molecule has 1 aliphatic rings. The molecule has 21 heavy (non-hydrogen) atoms. The van der Waals surface area contributed by atoms with Gasteiger partial charge in [-0.1, -0.05) is 20.8 Å². The fraction of sp³-hybridized carbons (Fsp3) is 0.929. The van der Waals surface area contributed by atoms with Crippen LogP contribution in [0.1, 0.15) is 48.0 Å². The van der Waals surface area contributed by atoms with Crippen LogP contribution in [0.5, 0.6) is 0 Å². The van der Waals surface area contributed by atoms with Gasteiger partial charge in [-0.2, -0.15) is 4.31 Å². The van der Waals surface area contributed by atoms with Gasteiger partial charge in [-0.3, -0.25) is 0 Å². The molecule has 0 aliphatic carbocycles. The molecular weight excluding hydrogens is 292 g/mol. The van der Waals surface area contributed by atoms with E-state index >= 15 is 0 Å². The molecule has 0 aromatic carbocycles. The van der Waals surface area contributed by atoms with Crippen LogP contribution in [0, 0.1) is 5.41 Å². The van der Waals surface area contributed by atoms with Crippen molar-refractivity contribution in [3.63, 3.8) is 0 Å². The molecule has 0 unspecified atom stereocenters. The molecule has 0 aromatic rings. The van der Waals surface area contributed by atoms with Gasteiger partial charge in [0, 0.05) is 13.1 Å². The molecular formula is C14H28N2O4S. The van der Waals surface area contributed by atoms with E-state index in [4.69, 9.17) is 4.74 Å². The molecule has 1 atom stereocenters. The van der Waals surface area contributed by atoms with Crippen molar-refractivity contribution in [2.75, 3.05) is 18.8 Å². The van der Waals surface area contributed by atoms with Gasteiger partial charge in [0.1, 0.15) is 5.60 Å². The van der Waals surface area contributed by atoms with Crippen LogP contribution >= 0.6 is 0 Å². The number of hydrogen-bond donors (Lipinski definition) is 1. The number of hydrogen-bond acceptors (Lipinski definition) is 4. The topological polar surface area (TPSA) is 75.7 Å². The second-order valence-electron chi connectivity index (χ2n) is 7.59. The van der Waals surface area contributed by atoms with Crippen LogP contribution in [0.4, 0.5) is 4.79 Å². The first kappa shape index (κ1) is 18.2. The quantitative estimate of drug-likeness (QED) is 0.862. The molecule has 1 N–H and O–H groups in total. The van der Waals surface area contributed by atoms with Crippen molar-refractivity contribution in [1.82, 2.24) is 9.62 Å². The van der Waals surface area contributed by atoms with E-state index < -0.39 is 21.7 Å². The number of ether oxygens (including phenoxy) is 1. The Labute approximate surface area is 128 Å². The summed E-state index contributed by atoms with van der Waals surface area (Å²) in [4.78, 5) is 11.9. The monoisotopic (exact) mass is 320 g/mol. The molecule has 1 aliphatic heterocycles. The standard InChI is InChI=1S/C14H28N2O4S/c1-13(2,3)11(15-12(17)20-14(4,5)6)10-16-8-7-9-21(16,18)19/h11H,7-10H2,1-6H3,(H,15,17)/t11-/m1/s1. The molecule has 1 fully saturated rings. The Balaban J connectivity index is 2.76. The van der Waals surface area contributed by atoms with Gasteiger partial charge in [0.25, 0.3) is 0 Å². The lowest BCUT2D eigenvalue weighted by atomic mass is 9.86. The van der Waals surface area contributed by atoms with E-state index in [1.807, 2.05) is 20.8 Å². The van der Waals surface area contributed by atoms with E-state index in [-0.39, 0.29) is 23.8 Å². The second kappa shape index (κ2) is 6.12. The molecule has 6 nitrogen and oxygen atoms in total. The molecule has 124 valence electrons. The first-order valence-electron chi connectivity index (χ1n) is 7.29. The zero-order valence-corrected chi connectivity index (χ0v) is 14.7.